The molecule has 19 heavy (non-hydrogen) atoms. The van der Waals surface area contributed by atoms with Crippen molar-refractivity contribution in [3.8, 4) is 0 Å². The van der Waals surface area contributed by atoms with Crippen LogP contribution in [0, 0.1) is 0 Å². The van der Waals surface area contributed by atoms with Crippen LogP contribution in [0.25, 0.3) is 10.8 Å². The Kier molecular flexibility index (Phi) is 4.15. The van der Waals surface area contributed by atoms with E-state index in [0.29, 0.717) is 12.1 Å². The van der Waals surface area contributed by atoms with E-state index in [9.17, 15) is 8.78 Å². The molecule has 1 unspecified atom stereocenters. The number of fused-ring (bicyclic) bond motifs is 1. The molecule has 0 amide bonds. The van der Waals surface area contributed by atoms with Crippen molar-refractivity contribution in [1.29, 1.82) is 0 Å². The van der Waals surface area contributed by atoms with Crippen molar-refractivity contribution < 1.29 is 8.78 Å². The lowest BCUT2D eigenvalue weighted by Gasteiger charge is -2.31. The Morgan fingerprint density at radius 1 is 1.11 bits per heavy atom. The molecule has 1 atom stereocenters. The van der Waals surface area contributed by atoms with Crippen LogP contribution >= 0.6 is 0 Å². The van der Waals surface area contributed by atoms with Gasteiger partial charge in [-0.1, -0.05) is 49.4 Å². The molecule has 0 bridgehead atoms. The van der Waals surface area contributed by atoms with Crippen LogP contribution in [0.15, 0.2) is 42.5 Å². The van der Waals surface area contributed by atoms with E-state index in [1.165, 1.54) is 0 Å². The topological polar surface area (TPSA) is 12.0 Å². The van der Waals surface area contributed by atoms with Gasteiger partial charge in [0.2, 0.25) is 0 Å². The highest BCUT2D eigenvalue weighted by molar-refractivity contribution is 5.86. The van der Waals surface area contributed by atoms with E-state index < -0.39 is 12.0 Å². The average Bonchev–Trinajstić information content (AvgIpc) is 2.44. The first-order valence-corrected chi connectivity index (χ1v) is 6.61. The van der Waals surface area contributed by atoms with Gasteiger partial charge in [0.1, 0.15) is 5.54 Å². The lowest BCUT2D eigenvalue weighted by atomic mass is 9.88. The lowest BCUT2D eigenvalue weighted by molar-refractivity contribution is 0.0393. The molecule has 0 aliphatic carbocycles. The molecule has 2 aromatic rings. The zero-order chi connectivity index (χ0) is 13.9. The van der Waals surface area contributed by atoms with Crippen LogP contribution in [-0.4, -0.2) is 13.0 Å². The summed E-state index contributed by atoms with van der Waals surface area (Å²) >= 11 is 0. The van der Waals surface area contributed by atoms with Gasteiger partial charge >= 0.3 is 0 Å². The molecule has 0 fully saturated rings. The molecule has 0 radical (unpaired) electrons. The number of hydrogen-bond acceptors (Lipinski definition) is 1. The van der Waals surface area contributed by atoms with Crippen LogP contribution in [0.3, 0.4) is 0 Å². The SMILES string of the molecule is CCCNC(C)(c1cccc2ccccc12)C(F)F. The molecule has 0 spiro atoms. The predicted molar refractivity (Wildman–Crippen MR) is 75.6 cm³/mol. The Hall–Kier alpha value is -1.48. The first-order chi connectivity index (χ1) is 9.09. The van der Waals surface area contributed by atoms with E-state index in [1.807, 2.05) is 43.3 Å². The normalized spacial score (nSPS) is 14.8. The number of rotatable bonds is 5. The average molecular weight is 263 g/mol. The first kappa shape index (κ1) is 13.9. The van der Waals surface area contributed by atoms with Crippen molar-refractivity contribution in [1.82, 2.24) is 5.32 Å². The van der Waals surface area contributed by atoms with Gasteiger partial charge in [0.15, 0.2) is 0 Å². The van der Waals surface area contributed by atoms with Crippen molar-refractivity contribution in [3.63, 3.8) is 0 Å². The maximum Gasteiger partial charge on any atom is 0.260 e. The van der Waals surface area contributed by atoms with E-state index in [0.717, 1.165) is 17.2 Å². The molecule has 1 nitrogen and oxygen atoms in total. The summed E-state index contributed by atoms with van der Waals surface area (Å²) in [5.41, 5.74) is -0.648. The Bertz CT molecular complexity index is 548. The van der Waals surface area contributed by atoms with Gasteiger partial charge in [-0.3, -0.25) is 0 Å². The quantitative estimate of drug-likeness (QED) is 0.847. The second-order valence-electron chi connectivity index (χ2n) is 4.96. The highest BCUT2D eigenvalue weighted by atomic mass is 19.3. The number of benzene rings is 2. The number of hydrogen-bond donors (Lipinski definition) is 1. The monoisotopic (exact) mass is 263 g/mol. The fraction of sp³-hybridized carbons (Fsp3) is 0.375. The van der Waals surface area contributed by atoms with Crippen LogP contribution in [0.4, 0.5) is 8.78 Å². The van der Waals surface area contributed by atoms with Gasteiger partial charge in [-0.15, -0.1) is 0 Å². The molecule has 2 rings (SSSR count). The molecule has 0 heterocycles. The predicted octanol–water partition coefficient (Wildman–Crippen LogP) is 4.32. The molecule has 0 saturated carbocycles. The highest BCUT2D eigenvalue weighted by Crippen LogP contribution is 2.33. The van der Waals surface area contributed by atoms with Gasteiger partial charge in [-0.05, 0) is 36.2 Å². The van der Waals surface area contributed by atoms with E-state index in [2.05, 4.69) is 5.32 Å². The van der Waals surface area contributed by atoms with Crippen LogP contribution in [0.5, 0.6) is 0 Å². The molecular formula is C16H19F2N. The molecule has 3 heteroatoms. The minimum Gasteiger partial charge on any atom is -0.303 e. The summed E-state index contributed by atoms with van der Waals surface area (Å²) in [6, 6.07) is 13.2. The van der Waals surface area contributed by atoms with Crippen LogP contribution in [0.1, 0.15) is 25.8 Å². The molecule has 102 valence electrons. The number of alkyl halides is 2. The summed E-state index contributed by atoms with van der Waals surface area (Å²) < 4.78 is 27.1. The third kappa shape index (κ3) is 2.61. The van der Waals surface area contributed by atoms with E-state index in [-0.39, 0.29) is 0 Å². The Morgan fingerprint density at radius 3 is 2.47 bits per heavy atom. The largest absolute Gasteiger partial charge is 0.303 e. The van der Waals surface area contributed by atoms with Gasteiger partial charge < -0.3 is 5.32 Å². The second-order valence-corrected chi connectivity index (χ2v) is 4.96. The fourth-order valence-electron chi connectivity index (χ4n) is 2.35. The van der Waals surface area contributed by atoms with E-state index in [1.54, 1.807) is 13.0 Å². The van der Waals surface area contributed by atoms with Crippen molar-refractivity contribution in [2.24, 2.45) is 0 Å². The third-order valence-electron chi connectivity index (χ3n) is 3.53. The second kappa shape index (κ2) is 5.66. The molecule has 1 N–H and O–H groups in total. The Balaban J connectivity index is 2.56. The van der Waals surface area contributed by atoms with Crippen LogP contribution < -0.4 is 5.32 Å². The van der Waals surface area contributed by atoms with Crippen LogP contribution in [0.2, 0.25) is 0 Å². The summed E-state index contributed by atoms with van der Waals surface area (Å²) in [6.45, 7) is 4.13. The highest BCUT2D eigenvalue weighted by Gasteiger charge is 2.37. The number of nitrogens with one attached hydrogen (secondary N) is 1. The fourth-order valence-corrected chi connectivity index (χ4v) is 2.35. The number of halogens is 2. The summed E-state index contributed by atoms with van der Waals surface area (Å²) in [5, 5.41) is 4.88. The summed E-state index contributed by atoms with van der Waals surface area (Å²) in [6.07, 6.45) is -1.63. The molecule has 0 aliphatic heterocycles. The Labute approximate surface area is 112 Å². The van der Waals surface area contributed by atoms with Crippen molar-refractivity contribution in [2.75, 3.05) is 6.54 Å². The summed E-state index contributed by atoms with van der Waals surface area (Å²) in [7, 11) is 0. The smallest absolute Gasteiger partial charge is 0.260 e. The van der Waals surface area contributed by atoms with Crippen molar-refractivity contribution in [2.45, 2.75) is 32.2 Å². The summed E-state index contributed by atoms with van der Waals surface area (Å²) in [5.74, 6) is 0. The third-order valence-corrected chi connectivity index (χ3v) is 3.53. The zero-order valence-corrected chi connectivity index (χ0v) is 11.3. The zero-order valence-electron chi connectivity index (χ0n) is 11.3. The standard InChI is InChI=1S/C16H19F2N/c1-3-11-19-16(2,15(17)18)14-10-6-8-12-7-4-5-9-13(12)14/h4-10,15,19H,3,11H2,1-2H3. The van der Waals surface area contributed by atoms with Gasteiger partial charge in [0.25, 0.3) is 6.43 Å². The lowest BCUT2D eigenvalue weighted by Crippen LogP contribution is -2.46. The van der Waals surface area contributed by atoms with Crippen LogP contribution in [-0.2, 0) is 5.54 Å². The first-order valence-electron chi connectivity index (χ1n) is 6.61. The molecule has 2 aromatic carbocycles. The Morgan fingerprint density at radius 2 is 1.79 bits per heavy atom. The van der Waals surface area contributed by atoms with Gasteiger partial charge in [0.05, 0.1) is 0 Å². The van der Waals surface area contributed by atoms with Crippen molar-refractivity contribution >= 4 is 10.8 Å². The molecule has 0 saturated heterocycles. The molecular weight excluding hydrogens is 244 g/mol. The minimum atomic E-state index is -2.45. The van der Waals surface area contributed by atoms with E-state index >= 15 is 0 Å². The van der Waals surface area contributed by atoms with Gasteiger partial charge in [-0.2, -0.15) is 0 Å². The van der Waals surface area contributed by atoms with E-state index in [4.69, 9.17) is 0 Å². The molecule has 0 aromatic heterocycles. The molecule has 0 aliphatic rings. The van der Waals surface area contributed by atoms with Gasteiger partial charge in [-0.25, -0.2) is 8.78 Å². The minimum absolute atomic E-state index is 0.573. The van der Waals surface area contributed by atoms with Gasteiger partial charge in [0, 0.05) is 0 Å². The maximum absolute atomic E-state index is 13.6. The summed E-state index contributed by atoms with van der Waals surface area (Å²) in [4.78, 5) is 0. The maximum atomic E-state index is 13.6. The van der Waals surface area contributed by atoms with Crippen molar-refractivity contribution in [3.05, 3.63) is 48.0 Å².